The van der Waals surface area contributed by atoms with Gasteiger partial charge >= 0.3 is 35.8 Å². The fourth-order valence-corrected chi connectivity index (χ4v) is 7.16. The van der Waals surface area contributed by atoms with Crippen molar-refractivity contribution in [1.29, 1.82) is 0 Å². The van der Waals surface area contributed by atoms with Crippen LogP contribution in [0, 0.1) is 0 Å². The standard InChI is InChI=1S/C43H60N10O19/c54-31(21-45-40(67)27-4-3-5-28(20-27)43(71)72-53-34(57)8-9-35(53)58)47-29(7-10-36(59)60)41(68)46-22-32(55)48-30(42(69)70)6-1-2-11-44-33(56)23-49-12-14-50(24-37(61)62)16-18-52(26-39(65)66)19-17-51(15-13-49)25-38(63)64/h3-5,20,29-30H,1-2,6-19,21-26H2,(H,44,56)(H,45,67)(H,46,68)(H,47,54)(H,48,55)(H,59,60)(H,61,62)(H,63,64)(H,65,66)(H,69,70). The van der Waals surface area contributed by atoms with Crippen LogP contribution < -0.4 is 26.6 Å². The molecule has 0 saturated carbocycles. The molecule has 0 radical (unpaired) electrons. The number of imide groups is 1. The molecule has 2 unspecified atom stereocenters. The number of hydroxylamine groups is 2. The van der Waals surface area contributed by atoms with Gasteiger partial charge in [-0.1, -0.05) is 6.07 Å². The van der Waals surface area contributed by atoms with Crippen molar-refractivity contribution in [3.63, 3.8) is 0 Å². The summed E-state index contributed by atoms with van der Waals surface area (Å²) in [5.41, 5.74) is -0.343. The maximum atomic E-state index is 13.0. The Kier molecular flexibility index (Phi) is 24.6. The van der Waals surface area contributed by atoms with Crippen molar-refractivity contribution in [1.82, 2.24) is 51.2 Å². The van der Waals surface area contributed by atoms with Gasteiger partial charge in [-0.3, -0.25) is 72.3 Å². The molecule has 2 aliphatic heterocycles. The third-order valence-electron chi connectivity index (χ3n) is 10.9. The van der Waals surface area contributed by atoms with E-state index in [9.17, 15) is 87.9 Å². The monoisotopic (exact) mass is 1020 g/mol. The number of rotatable bonds is 27. The van der Waals surface area contributed by atoms with Crippen molar-refractivity contribution in [2.45, 2.75) is 57.0 Å². The Morgan fingerprint density at radius 2 is 1.01 bits per heavy atom. The molecule has 1 aromatic carbocycles. The summed E-state index contributed by atoms with van der Waals surface area (Å²) in [6, 6.07) is 1.93. The number of unbranched alkanes of at least 4 members (excludes halogenated alkanes) is 1. The quantitative estimate of drug-likeness (QED) is 0.0293. The van der Waals surface area contributed by atoms with E-state index in [1.807, 2.05) is 0 Å². The van der Waals surface area contributed by atoms with Crippen LogP contribution in [-0.2, 0) is 57.6 Å². The lowest BCUT2D eigenvalue weighted by Gasteiger charge is -2.32. The van der Waals surface area contributed by atoms with Crippen LogP contribution in [-0.4, -0.2) is 238 Å². The van der Waals surface area contributed by atoms with E-state index < -0.39 is 115 Å². The fraction of sp³-hybridized carbons (Fsp3) is 0.558. The molecular weight excluding hydrogens is 961 g/mol. The maximum absolute atomic E-state index is 13.0. The number of carboxylic acids is 5. The smallest absolute Gasteiger partial charge is 0.363 e. The van der Waals surface area contributed by atoms with Gasteiger partial charge in [0.1, 0.15) is 12.1 Å². The summed E-state index contributed by atoms with van der Waals surface area (Å²) >= 11 is 0. The zero-order valence-electron chi connectivity index (χ0n) is 39.2. The molecule has 2 saturated heterocycles. The van der Waals surface area contributed by atoms with Gasteiger partial charge in [0.15, 0.2) is 0 Å². The third-order valence-corrected chi connectivity index (χ3v) is 10.9. The first-order chi connectivity index (χ1) is 34.1. The van der Waals surface area contributed by atoms with Gasteiger partial charge in [0.05, 0.1) is 44.8 Å². The van der Waals surface area contributed by atoms with E-state index in [2.05, 4.69) is 26.6 Å². The first-order valence-electron chi connectivity index (χ1n) is 22.7. The molecule has 2 aliphatic rings. The molecule has 0 spiro atoms. The zero-order chi connectivity index (χ0) is 53.3. The lowest BCUT2D eigenvalue weighted by molar-refractivity contribution is -0.172. The Morgan fingerprint density at radius 1 is 0.542 bits per heavy atom. The molecule has 29 heteroatoms. The second-order valence-electron chi connectivity index (χ2n) is 16.6. The molecule has 72 heavy (non-hydrogen) atoms. The van der Waals surface area contributed by atoms with E-state index in [0.717, 1.165) is 6.07 Å². The Balaban J connectivity index is 1.46. The van der Waals surface area contributed by atoms with Gasteiger partial charge in [0, 0.05) is 83.7 Å². The average molecular weight is 1020 g/mol. The third kappa shape index (κ3) is 22.4. The molecule has 7 amide bonds. The number of carbonyl (C=O) groups is 13. The highest BCUT2D eigenvalue weighted by atomic mass is 16.7. The summed E-state index contributed by atoms with van der Waals surface area (Å²) in [5, 5.41) is 59.2. The second-order valence-corrected chi connectivity index (χ2v) is 16.6. The van der Waals surface area contributed by atoms with Crippen LogP contribution in [0.4, 0.5) is 0 Å². The fourth-order valence-electron chi connectivity index (χ4n) is 7.16. The van der Waals surface area contributed by atoms with Gasteiger partial charge < -0.3 is 57.0 Å². The molecule has 2 atom stereocenters. The summed E-state index contributed by atoms with van der Waals surface area (Å²) < 4.78 is 0. The van der Waals surface area contributed by atoms with Crippen molar-refractivity contribution in [3.8, 4) is 0 Å². The summed E-state index contributed by atoms with van der Waals surface area (Å²) in [6.07, 6.45) is -0.960. The number of amides is 7. The highest BCUT2D eigenvalue weighted by Gasteiger charge is 2.33. The van der Waals surface area contributed by atoms with E-state index in [0.29, 0.717) is 5.06 Å². The first-order valence-corrected chi connectivity index (χ1v) is 22.7. The molecule has 2 fully saturated rings. The number of aliphatic carboxylic acids is 5. The first kappa shape index (κ1) is 58.7. The molecule has 3 rings (SSSR count). The Hall–Kier alpha value is -7.63. The van der Waals surface area contributed by atoms with Crippen molar-refractivity contribution in [2.75, 3.05) is 98.2 Å². The van der Waals surface area contributed by atoms with Crippen LogP contribution in [0.15, 0.2) is 24.3 Å². The van der Waals surface area contributed by atoms with Gasteiger partial charge in [0.2, 0.25) is 23.6 Å². The molecule has 10 N–H and O–H groups in total. The maximum Gasteiger partial charge on any atom is 0.363 e. The van der Waals surface area contributed by atoms with Crippen molar-refractivity contribution >= 4 is 77.2 Å². The number of benzene rings is 1. The number of hydrogen-bond donors (Lipinski definition) is 10. The van der Waals surface area contributed by atoms with Gasteiger partial charge in [-0.15, -0.1) is 5.06 Å². The lowest BCUT2D eigenvalue weighted by Crippen LogP contribution is -2.52. The van der Waals surface area contributed by atoms with E-state index >= 15 is 0 Å². The van der Waals surface area contributed by atoms with Crippen LogP contribution in [0.5, 0.6) is 0 Å². The minimum Gasteiger partial charge on any atom is -0.481 e. The van der Waals surface area contributed by atoms with Crippen LogP contribution in [0.25, 0.3) is 0 Å². The Morgan fingerprint density at radius 3 is 1.50 bits per heavy atom. The molecule has 0 aliphatic carbocycles. The molecule has 29 nitrogen and oxygen atoms in total. The molecular formula is C43H60N10O19. The highest BCUT2D eigenvalue weighted by Crippen LogP contribution is 2.15. The van der Waals surface area contributed by atoms with Crippen LogP contribution in [0.1, 0.15) is 65.7 Å². The van der Waals surface area contributed by atoms with E-state index in [-0.39, 0.29) is 128 Å². The summed E-state index contributed by atoms with van der Waals surface area (Å²) in [7, 11) is 0. The predicted molar refractivity (Wildman–Crippen MR) is 242 cm³/mol. The van der Waals surface area contributed by atoms with E-state index in [4.69, 9.17) is 4.84 Å². The number of nitrogens with one attached hydrogen (secondary N) is 5. The van der Waals surface area contributed by atoms with E-state index in [1.165, 1.54) is 18.2 Å². The number of carboxylic acid groups (broad SMARTS) is 5. The summed E-state index contributed by atoms with van der Waals surface area (Å²) in [6.45, 7) is -0.899. The van der Waals surface area contributed by atoms with Crippen molar-refractivity contribution in [3.05, 3.63) is 35.4 Å². The van der Waals surface area contributed by atoms with Gasteiger partial charge in [-0.2, -0.15) is 0 Å². The van der Waals surface area contributed by atoms with Crippen molar-refractivity contribution < 1.29 is 92.7 Å². The Bertz CT molecular complexity index is 2130. The molecule has 1 aromatic rings. The number of nitrogens with zero attached hydrogens (tertiary/aromatic N) is 5. The topological polar surface area (TPSA) is 409 Å². The van der Waals surface area contributed by atoms with Crippen LogP contribution in [0.3, 0.4) is 0 Å². The molecule has 0 aromatic heterocycles. The van der Waals surface area contributed by atoms with E-state index in [1.54, 1.807) is 19.6 Å². The van der Waals surface area contributed by atoms with Crippen LogP contribution >= 0.6 is 0 Å². The Labute approximate surface area is 411 Å². The lowest BCUT2D eigenvalue weighted by atomic mass is 10.1. The minimum absolute atomic E-state index is 0.0995. The minimum atomic E-state index is -1.53. The largest absolute Gasteiger partial charge is 0.481 e. The zero-order valence-corrected chi connectivity index (χ0v) is 39.2. The SMILES string of the molecule is O=C(O)CCC(NC(=O)CNC(=O)c1cccc(C(=O)ON2C(=O)CCC2=O)c1)C(=O)NCC(=O)NC(CCCCNC(=O)CN1CCN(CC(=O)O)CCN(CC(=O)O)CCN(CC(=O)O)CC1)C(=O)O. The second kappa shape index (κ2) is 30.2. The average Bonchev–Trinajstić information content (AvgIpc) is 3.63. The molecule has 396 valence electrons. The number of carbonyl (C=O) groups excluding carboxylic acids is 8. The molecule has 0 bridgehead atoms. The van der Waals surface area contributed by atoms with Gasteiger partial charge in [-0.05, 0) is 43.9 Å². The van der Waals surface area contributed by atoms with Crippen molar-refractivity contribution in [2.24, 2.45) is 0 Å². The van der Waals surface area contributed by atoms with Gasteiger partial charge in [0.25, 0.3) is 17.7 Å². The number of hydrogen-bond acceptors (Lipinski definition) is 18. The van der Waals surface area contributed by atoms with Gasteiger partial charge in [-0.25, -0.2) is 9.59 Å². The normalized spacial score (nSPS) is 16.2. The van der Waals surface area contributed by atoms with Crippen LogP contribution in [0.2, 0.25) is 0 Å². The summed E-state index contributed by atoms with van der Waals surface area (Å²) in [4.78, 5) is 170. The highest BCUT2D eigenvalue weighted by molar-refractivity contribution is 6.04. The predicted octanol–water partition coefficient (Wildman–Crippen LogP) is -4.57. The molecule has 2 heterocycles. The summed E-state index contributed by atoms with van der Waals surface area (Å²) in [5.74, 6) is -12.8.